The molecule has 8 heteroatoms. The summed E-state index contributed by atoms with van der Waals surface area (Å²) in [6, 6.07) is 6.09. The van der Waals surface area contributed by atoms with Gasteiger partial charge in [0, 0.05) is 45.8 Å². The molecule has 2 fully saturated rings. The second-order valence-corrected chi connectivity index (χ2v) is 10.1. The molecule has 1 N–H and O–H groups in total. The SMILES string of the molecule is O=C(C1=C[C@H](C2CCCC2)C[C@H](OCCCCO)O1)N1CCN(Cc2ccc3c(c2)OCO3)CC1. The summed E-state index contributed by atoms with van der Waals surface area (Å²) in [6.45, 7) is 4.83. The van der Waals surface area contributed by atoms with Crippen LogP contribution in [-0.2, 0) is 20.8 Å². The Kier molecular flexibility index (Phi) is 8.11. The van der Waals surface area contributed by atoms with E-state index in [1.165, 1.54) is 31.2 Å². The lowest BCUT2D eigenvalue weighted by Gasteiger charge is -2.37. The lowest BCUT2D eigenvalue weighted by molar-refractivity contribution is -0.157. The number of nitrogens with zero attached hydrogens (tertiary/aromatic N) is 2. The molecule has 0 aromatic heterocycles. The molecule has 3 heterocycles. The van der Waals surface area contributed by atoms with Gasteiger partial charge in [-0.25, -0.2) is 0 Å². The van der Waals surface area contributed by atoms with Crippen LogP contribution in [0.5, 0.6) is 11.5 Å². The van der Waals surface area contributed by atoms with Gasteiger partial charge in [0.2, 0.25) is 13.1 Å². The Bertz CT molecular complexity index is 892. The quantitative estimate of drug-likeness (QED) is 0.537. The molecule has 4 aliphatic rings. The van der Waals surface area contributed by atoms with Crippen molar-refractivity contribution in [1.29, 1.82) is 0 Å². The van der Waals surface area contributed by atoms with Gasteiger partial charge in [0.05, 0.1) is 6.61 Å². The molecule has 8 nitrogen and oxygen atoms in total. The van der Waals surface area contributed by atoms with Crippen LogP contribution in [0, 0.1) is 11.8 Å². The molecule has 192 valence electrons. The molecule has 1 aliphatic carbocycles. The third kappa shape index (κ3) is 6.11. The second kappa shape index (κ2) is 11.6. The Morgan fingerprint density at radius 1 is 1.06 bits per heavy atom. The number of benzene rings is 1. The average Bonchev–Trinajstić information content (AvgIpc) is 3.59. The third-order valence-corrected chi connectivity index (χ3v) is 7.66. The molecule has 0 radical (unpaired) electrons. The van der Waals surface area contributed by atoms with Crippen LogP contribution in [0.4, 0.5) is 0 Å². The number of rotatable bonds is 9. The number of piperazine rings is 1. The third-order valence-electron chi connectivity index (χ3n) is 7.66. The summed E-state index contributed by atoms with van der Waals surface area (Å²) >= 11 is 0. The number of aliphatic hydroxyl groups excluding tert-OH is 1. The molecule has 2 atom stereocenters. The van der Waals surface area contributed by atoms with Crippen LogP contribution in [0.15, 0.2) is 30.0 Å². The van der Waals surface area contributed by atoms with E-state index in [9.17, 15) is 4.79 Å². The first-order valence-electron chi connectivity index (χ1n) is 13.2. The molecule has 0 bridgehead atoms. The molecule has 5 rings (SSSR count). The molecule has 0 unspecified atom stereocenters. The number of unbranched alkanes of at least 4 members (excludes halogenated alkanes) is 1. The van der Waals surface area contributed by atoms with E-state index in [-0.39, 0.29) is 25.6 Å². The molecule has 1 aromatic rings. The normalized spacial score (nSPS) is 24.9. The number of carbonyl (C=O) groups is 1. The fourth-order valence-electron chi connectivity index (χ4n) is 5.64. The van der Waals surface area contributed by atoms with Crippen molar-refractivity contribution in [2.45, 2.75) is 57.8 Å². The highest BCUT2D eigenvalue weighted by atomic mass is 16.7. The van der Waals surface area contributed by atoms with Gasteiger partial charge in [-0.1, -0.05) is 18.9 Å². The zero-order chi connectivity index (χ0) is 24.0. The summed E-state index contributed by atoms with van der Waals surface area (Å²) in [5.74, 6) is 3.01. The van der Waals surface area contributed by atoms with Crippen molar-refractivity contribution in [2.75, 3.05) is 46.2 Å². The van der Waals surface area contributed by atoms with Gasteiger partial charge in [-0.05, 0) is 61.3 Å². The van der Waals surface area contributed by atoms with Crippen LogP contribution in [-0.4, -0.2) is 73.3 Å². The molecule has 1 saturated carbocycles. The maximum absolute atomic E-state index is 13.4. The highest BCUT2D eigenvalue weighted by Crippen LogP contribution is 2.38. The van der Waals surface area contributed by atoms with Gasteiger partial charge < -0.3 is 29.0 Å². The Morgan fingerprint density at radius 3 is 2.66 bits per heavy atom. The number of aliphatic hydroxyl groups is 1. The molecular formula is C27H38N2O6. The van der Waals surface area contributed by atoms with Gasteiger partial charge >= 0.3 is 0 Å². The van der Waals surface area contributed by atoms with Crippen molar-refractivity contribution >= 4 is 5.91 Å². The molecule has 1 aromatic carbocycles. The predicted molar refractivity (Wildman–Crippen MR) is 130 cm³/mol. The number of allylic oxidation sites excluding steroid dienone is 1. The fraction of sp³-hybridized carbons (Fsp3) is 0.667. The average molecular weight is 487 g/mol. The van der Waals surface area contributed by atoms with Gasteiger partial charge in [-0.15, -0.1) is 0 Å². The van der Waals surface area contributed by atoms with E-state index in [2.05, 4.69) is 17.0 Å². The van der Waals surface area contributed by atoms with Gasteiger partial charge in [0.1, 0.15) is 0 Å². The van der Waals surface area contributed by atoms with E-state index in [4.69, 9.17) is 24.1 Å². The van der Waals surface area contributed by atoms with Gasteiger partial charge in [0.25, 0.3) is 5.91 Å². The maximum atomic E-state index is 13.4. The van der Waals surface area contributed by atoms with E-state index >= 15 is 0 Å². The monoisotopic (exact) mass is 486 g/mol. The van der Waals surface area contributed by atoms with E-state index in [1.807, 2.05) is 17.0 Å². The topological polar surface area (TPSA) is 80.7 Å². The number of ether oxygens (including phenoxy) is 4. The van der Waals surface area contributed by atoms with Crippen molar-refractivity contribution in [3.05, 3.63) is 35.6 Å². The summed E-state index contributed by atoms with van der Waals surface area (Å²) in [4.78, 5) is 17.7. The summed E-state index contributed by atoms with van der Waals surface area (Å²) < 4.78 is 23.0. The molecular weight excluding hydrogens is 448 g/mol. The number of hydrogen-bond acceptors (Lipinski definition) is 7. The lowest BCUT2D eigenvalue weighted by atomic mass is 9.86. The zero-order valence-electron chi connectivity index (χ0n) is 20.5. The van der Waals surface area contributed by atoms with Crippen molar-refractivity contribution in [2.24, 2.45) is 11.8 Å². The van der Waals surface area contributed by atoms with Crippen LogP contribution < -0.4 is 9.47 Å². The van der Waals surface area contributed by atoms with Crippen molar-refractivity contribution in [3.63, 3.8) is 0 Å². The molecule has 0 spiro atoms. The van der Waals surface area contributed by atoms with Crippen LogP contribution in [0.2, 0.25) is 0 Å². The van der Waals surface area contributed by atoms with Crippen LogP contribution in [0.25, 0.3) is 0 Å². The van der Waals surface area contributed by atoms with E-state index in [1.54, 1.807) is 0 Å². The van der Waals surface area contributed by atoms with E-state index in [0.717, 1.165) is 50.4 Å². The van der Waals surface area contributed by atoms with E-state index < -0.39 is 0 Å². The van der Waals surface area contributed by atoms with Gasteiger partial charge in [0.15, 0.2) is 17.3 Å². The molecule has 3 aliphatic heterocycles. The number of hydrogen-bond donors (Lipinski definition) is 1. The Hall–Kier alpha value is -2.29. The van der Waals surface area contributed by atoms with Gasteiger partial charge in [-0.3, -0.25) is 9.69 Å². The number of carbonyl (C=O) groups excluding carboxylic acids is 1. The maximum Gasteiger partial charge on any atom is 0.288 e. The van der Waals surface area contributed by atoms with Crippen LogP contribution in [0.3, 0.4) is 0 Å². The molecule has 1 saturated heterocycles. The number of fused-ring (bicyclic) bond motifs is 1. The molecule has 35 heavy (non-hydrogen) atoms. The highest BCUT2D eigenvalue weighted by molar-refractivity contribution is 5.91. The summed E-state index contributed by atoms with van der Waals surface area (Å²) in [7, 11) is 0. The first-order chi connectivity index (χ1) is 17.2. The van der Waals surface area contributed by atoms with Crippen molar-refractivity contribution in [3.8, 4) is 11.5 Å². The van der Waals surface area contributed by atoms with Crippen molar-refractivity contribution < 1.29 is 28.8 Å². The highest BCUT2D eigenvalue weighted by Gasteiger charge is 2.35. The Labute approximate surface area is 207 Å². The zero-order valence-corrected chi connectivity index (χ0v) is 20.5. The Morgan fingerprint density at radius 2 is 1.86 bits per heavy atom. The lowest BCUT2D eigenvalue weighted by Crippen LogP contribution is -2.49. The number of amides is 1. The largest absolute Gasteiger partial charge is 0.459 e. The van der Waals surface area contributed by atoms with Gasteiger partial charge in [-0.2, -0.15) is 0 Å². The minimum atomic E-state index is -0.379. The van der Waals surface area contributed by atoms with Crippen molar-refractivity contribution in [1.82, 2.24) is 9.80 Å². The minimum Gasteiger partial charge on any atom is -0.459 e. The summed E-state index contributed by atoms with van der Waals surface area (Å²) in [6.07, 6.45) is 9.01. The summed E-state index contributed by atoms with van der Waals surface area (Å²) in [5, 5.41) is 9.03. The van der Waals surface area contributed by atoms with Crippen LogP contribution in [0.1, 0.15) is 50.5 Å². The fourth-order valence-corrected chi connectivity index (χ4v) is 5.64. The first-order valence-corrected chi connectivity index (χ1v) is 13.2. The minimum absolute atomic E-state index is 0.0145. The predicted octanol–water partition coefficient (Wildman–Crippen LogP) is 3.29. The molecule has 1 amide bonds. The van der Waals surface area contributed by atoms with E-state index in [0.29, 0.717) is 37.3 Å². The standard InChI is InChI=1S/C27H38N2O6/c30-13-3-4-14-32-26-17-22(21-5-1-2-6-21)16-25(35-26)27(31)29-11-9-28(10-12-29)18-20-7-8-23-24(15-20)34-19-33-23/h7-8,15-16,21-22,26,30H,1-6,9-14,17-19H2/t22-,26+/m0/s1. The second-order valence-electron chi connectivity index (χ2n) is 10.1. The first kappa shape index (κ1) is 24.4. The summed E-state index contributed by atoms with van der Waals surface area (Å²) in [5.41, 5.74) is 1.19. The van der Waals surface area contributed by atoms with Crippen LogP contribution >= 0.6 is 0 Å². The Balaban J connectivity index is 1.16. The smallest absolute Gasteiger partial charge is 0.288 e.